The van der Waals surface area contributed by atoms with E-state index in [1.54, 1.807) is 25.5 Å². The zero-order valence-electron chi connectivity index (χ0n) is 20.6. The molecule has 2 aromatic carbocycles. The van der Waals surface area contributed by atoms with Crippen LogP contribution in [-0.2, 0) is 29.7 Å². The molecule has 0 aliphatic rings. The fourth-order valence-corrected chi connectivity index (χ4v) is 4.27. The SMILES string of the molecule is CNc1nc2[nH]c(-c3ccc(F)c(CNC(=O)[C@@H](N)COCc4ccccc4)c3)cc2c2c1ncn2C. The van der Waals surface area contributed by atoms with E-state index in [1.165, 1.54) is 6.07 Å². The van der Waals surface area contributed by atoms with Crippen molar-refractivity contribution in [2.75, 3.05) is 19.0 Å². The number of anilines is 1. The van der Waals surface area contributed by atoms with Gasteiger partial charge in [0, 0.05) is 37.3 Å². The van der Waals surface area contributed by atoms with Gasteiger partial charge >= 0.3 is 0 Å². The van der Waals surface area contributed by atoms with Crippen molar-refractivity contribution in [3.8, 4) is 11.3 Å². The van der Waals surface area contributed by atoms with Crippen molar-refractivity contribution in [1.82, 2.24) is 24.8 Å². The van der Waals surface area contributed by atoms with Gasteiger partial charge in [0.25, 0.3) is 0 Å². The third kappa shape index (κ3) is 5.02. The molecule has 0 aliphatic heterocycles. The molecular formula is C27H28FN7O2. The number of pyridine rings is 1. The first-order chi connectivity index (χ1) is 17.9. The molecule has 5 rings (SSSR count). The lowest BCUT2D eigenvalue weighted by Gasteiger charge is -2.13. The maximum absolute atomic E-state index is 14.6. The number of hydrogen-bond donors (Lipinski definition) is 4. The Morgan fingerprint density at radius 1 is 1.22 bits per heavy atom. The molecule has 0 spiro atoms. The topological polar surface area (TPSA) is 123 Å². The summed E-state index contributed by atoms with van der Waals surface area (Å²) < 4.78 is 22.1. The van der Waals surface area contributed by atoms with Crippen LogP contribution in [0.5, 0.6) is 0 Å². The Labute approximate surface area is 212 Å². The van der Waals surface area contributed by atoms with Crippen LogP contribution < -0.4 is 16.4 Å². The van der Waals surface area contributed by atoms with Crippen molar-refractivity contribution in [2.45, 2.75) is 19.2 Å². The van der Waals surface area contributed by atoms with E-state index in [9.17, 15) is 9.18 Å². The molecule has 3 heterocycles. The van der Waals surface area contributed by atoms with Gasteiger partial charge in [0.15, 0.2) is 5.82 Å². The molecule has 0 bridgehead atoms. The van der Waals surface area contributed by atoms with Crippen LogP contribution in [0.1, 0.15) is 11.1 Å². The maximum atomic E-state index is 14.6. The standard InChI is InChI=1S/C27H28FN7O2/c1-30-26-23-24(35(2)15-32-23)19-11-22(33-25(19)34-26)17-8-9-20(28)18(10-17)12-31-27(36)21(29)14-37-13-16-6-4-3-5-7-16/h3-11,15,21H,12-14,29H2,1-2H3,(H,31,36)(H2,30,33,34)/t21-/m0/s1. The minimum absolute atomic E-state index is 0.000745. The first-order valence-corrected chi connectivity index (χ1v) is 11.9. The minimum atomic E-state index is -0.864. The molecule has 0 saturated carbocycles. The number of halogens is 1. The van der Waals surface area contributed by atoms with Gasteiger partial charge in [-0.3, -0.25) is 4.79 Å². The van der Waals surface area contributed by atoms with Gasteiger partial charge in [-0.15, -0.1) is 0 Å². The van der Waals surface area contributed by atoms with Gasteiger partial charge in [-0.1, -0.05) is 30.3 Å². The lowest BCUT2D eigenvalue weighted by molar-refractivity contribution is -0.124. The maximum Gasteiger partial charge on any atom is 0.239 e. The van der Waals surface area contributed by atoms with E-state index in [0.717, 1.165) is 33.2 Å². The van der Waals surface area contributed by atoms with Crippen molar-refractivity contribution >= 4 is 33.8 Å². The van der Waals surface area contributed by atoms with E-state index in [-0.39, 0.29) is 13.2 Å². The first kappa shape index (κ1) is 24.4. The summed E-state index contributed by atoms with van der Waals surface area (Å²) in [4.78, 5) is 24.9. The van der Waals surface area contributed by atoms with Crippen molar-refractivity contribution in [2.24, 2.45) is 12.8 Å². The normalized spacial score (nSPS) is 12.2. The molecule has 10 heteroatoms. The van der Waals surface area contributed by atoms with E-state index in [2.05, 4.69) is 25.6 Å². The fraction of sp³-hybridized carbons (Fsp3) is 0.222. The molecule has 9 nitrogen and oxygen atoms in total. The molecule has 5 aromatic rings. The number of amides is 1. The predicted molar refractivity (Wildman–Crippen MR) is 141 cm³/mol. The number of ether oxygens (including phenoxy) is 1. The quantitative estimate of drug-likeness (QED) is 0.245. The summed E-state index contributed by atoms with van der Waals surface area (Å²) in [6.45, 7) is 0.417. The summed E-state index contributed by atoms with van der Waals surface area (Å²) in [7, 11) is 3.73. The Morgan fingerprint density at radius 2 is 2.03 bits per heavy atom. The highest BCUT2D eigenvalue weighted by Gasteiger charge is 2.17. The Morgan fingerprint density at radius 3 is 2.81 bits per heavy atom. The van der Waals surface area contributed by atoms with Crippen LogP contribution in [0.3, 0.4) is 0 Å². The number of aromatic nitrogens is 4. The molecular weight excluding hydrogens is 473 g/mol. The Balaban J connectivity index is 1.29. The third-order valence-electron chi connectivity index (χ3n) is 6.23. The number of carbonyl (C=O) groups is 1. The summed E-state index contributed by atoms with van der Waals surface area (Å²) in [5.74, 6) is -0.160. The van der Waals surface area contributed by atoms with Crippen LogP contribution in [0.25, 0.3) is 33.3 Å². The average Bonchev–Trinajstić information content (AvgIpc) is 3.51. The number of hydrogen-bond acceptors (Lipinski definition) is 6. The largest absolute Gasteiger partial charge is 0.375 e. The molecule has 1 atom stereocenters. The van der Waals surface area contributed by atoms with Gasteiger partial charge < -0.3 is 30.7 Å². The number of nitrogens with two attached hydrogens (primary N) is 1. The highest BCUT2D eigenvalue weighted by molar-refractivity contribution is 6.07. The zero-order valence-corrected chi connectivity index (χ0v) is 20.6. The Bertz CT molecular complexity index is 1560. The second kappa shape index (κ2) is 10.4. The number of imidazole rings is 1. The lowest BCUT2D eigenvalue weighted by atomic mass is 10.1. The van der Waals surface area contributed by atoms with Crippen LogP contribution in [0.2, 0.25) is 0 Å². The lowest BCUT2D eigenvalue weighted by Crippen LogP contribution is -2.43. The van der Waals surface area contributed by atoms with Crippen LogP contribution in [0.15, 0.2) is 60.9 Å². The molecule has 0 unspecified atom stereocenters. The summed E-state index contributed by atoms with van der Waals surface area (Å²) in [6, 6.07) is 15.5. The second-order valence-electron chi connectivity index (χ2n) is 8.84. The molecule has 0 saturated heterocycles. The number of H-pyrrole nitrogens is 1. The average molecular weight is 502 g/mol. The van der Waals surface area contributed by atoms with E-state index in [4.69, 9.17) is 10.5 Å². The van der Waals surface area contributed by atoms with Crippen molar-refractivity contribution in [1.29, 1.82) is 0 Å². The van der Waals surface area contributed by atoms with E-state index < -0.39 is 17.8 Å². The molecule has 5 N–H and O–H groups in total. The molecule has 37 heavy (non-hydrogen) atoms. The number of nitrogens with zero attached hydrogens (tertiary/aromatic N) is 3. The number of carbonyl (C=O) groups excluding carboxylic acids is 1. The van der Waals surface area contributed by atoms with E-state index in [0.29, 0.717) is 23.6 Å². The molecule has 1 amide bonds. The third-order valence-corrected chi connectivity index (χ3v) is 6.23. The first-order valence-electron chi connectivity index (χ1n) is 11.9. The molecule has 190 valence electrons. The number of rotatable bonds is 9. The van der Waals surface area contributed by atoms with Gasteiger partial charge in [-0.25, -0.2) is 14.4 Å². The van der Waals surface area contributed by atoms with Gasteiger partial charge in [-0.2, -0.15) is 0 Å². The summed E-state index contributed by atoms with van der Waals surface area (Å²) in [6.07, 6.45) is 1.75. The van der Waals surface area contributed by atoms with E-state index in [1.807, 2.05) is 48.0 Å². The molecule has 0 aliphatic carbocycles. The van der Waals surface area contributed by atoms with Gasteiger partial charge in [0.2, 0.25) is 5.91 Å². The van der Waals surface area contributed by atoms with E-state index >= 15 is 0 Å². The van der Waals surface area contributed by atoms with Gasteiger partial charge in [0.05, 0.1) is 25.1 Å². The summed E-state index contributed by atoms with van der Waals surface area (Å²) in [5, 5.41) is 6.70. The monoisotopic (exact) mass is 501 g/mol. The number of aryl methyl sites for hydroxylation is 1. The fourth-order valence-electron chi connectivity index (χ4n) is 4.27. The van der Waals surface area contributed by atoms with Crippen LogP contribution in [-0.4, -0.2) is 45.1 Å². The van der Waals surface area contributed by atoms with Crippen molar-refractivity contribution in [3.63, 3.8) is 0 Å². The highest BCUT2D eigenvalue weighted by Crippen LogP contribution is 2.32. The van der Waals surface area contributed by atoms with Gasteiger partial charge in [-0.05, 0) is 35.4 Å². The molecule has 0 fully saturated rings. The van der Waals surface area contributed by atoms with Crippen LogP contribution in [0, 0.1) is 5.82 Å². The van der Waals surface area contributed by atoms with Crippen molar-refractivity contribution < 1.29 is 13.9 Å². The molecule has 3 aromatic heterocycles. The Hall–Kier alpha value is -4.28. The Kier molecular flexibility index (Phi) is 6.85. The number of benzene rings is 2. The minimum Gasteiger partial charge on any atom is -0.375 e. The summed E-state index contributed by atoms with van der Waals surface area (Å²) >= 11 is 0. The summed E-state index contributed by atoms with van der Waals surface area (Å²) in [5.41, 5.74) is 11.2. The van der Waals surface area contributed by atoms with Crippen LogP contribution >= 0.6 is 0 Å². The second-order valence-corrected chi connectivity index (χ2v) is 8.84. The predicted octanol–water partition coefficient (Wildman–Crippen LogP) is 3.46. The van der Waals surface area contributed by atoms with Crippen LogP contribution in [0.4, 0.5) is 10.2 Å². The zero-order chi connectivity index (χ0) is 25.9. The highest BCUT2D eigenvalue weighted by atomic mass is 19.1. The van der Waals surface area contributed by atoms with Crippen molar-refractivity contribution in [3.05, 3.63) is 77.9 Å². The van der Waals surface area contributed by atoms with Gasteiger partial charge in [0.1, 0.15) is 23.0 Å². The number of fused-ring (bicyclic) bond motifs is 3. The number of nitrogens with one attached hydrogen (secondary N) is 3. The number of aromatic amines is 1. The smallest absolute Gasteiger partial charge is 0.239 e. The molecule has 0 radical (unpaired) electrons.